The second-order valence-corrected chi connectivity index (χ2v) is 8.82. The van der Waals surface area contributed by atoms with Crippen molar-refractivity contribution in [2.45, 2.75) is 34.3 Å². The van der Waals surface area contributed by atoms with E-state index < -0.39 is 5.91 Å². The van der Waals surface area contributed by atoms with E-state index in [4.69, 9.17) is 32.7 Å². The molecule has 35 heavy (non-hydrogen) atoms. The topological polar surface area (TPSA) is 71.3 Å². The predicted octanol–water partition coefficient (Wildman–Crippen LogP) is 7.44. The highest BCUT2D eigenvalue weighted by molar-refractivity contribution is 6.32. The van der Waals surface area contributed by atoms with Crippen molar-refractivity contribution in [2.75, 3.05) is 11.9 Å². The van der Waals surface area contributed by atoms with E-state index in [1.807, 2.05) is 25.1 Å². The molecule has 5 nitrogen and oxygen atoms in total. The molecule has 0 aromatic heterocycles. The lowest BCUT2D eigenvalue weighted by molar-refractivity contribution is -0.112. The van der Waals surface area contributed by atoms with Gasteiger partial charge in [0, 0.05) is 10.7 Å². The summed E-state index contributed by atoms with van der Waals surface area (Å²) >= 11 is 12.7. The Morgan fingerprint density at radius 3 is 2.49 bits per heavy atom. The van der Waals surface area contributed by atoms with E-state index in [0.717, 1.165) is 5.56 Å². The quantitative estimate of drug-likeness (QED) is 0.253. The number of rotatable bonds is 8. The smallest absolute Gasteiger partial charge is 0.266 e. The second kappa shape index (κ2) is 11.8. The molecule has 1 amide bonds. The standard InChI is InChI=1S/C28H26Cl2N2O3/c1-5-34-26-14-21(12-22(15-31)28(33)32-25-8-6-7-23(29)19(25)4)13-24(30)27(26)35-16-20-10-9-17(2)18(3)11-20/h6-14H,5,16H2,1-4H3,(H,32,33)/b22-12+. The molecule has 0 heterocycles. The first kappa shape index (κ1) is 26.2. The number of hydrogen-bond acceptors (Lipinski definition) is 4. The molecule has 3 aromatic rings. The Morgan fingerprint density at radius 2 is 1.80 bits per heavy atom. The number of nitriles is 1. The highest BCUT2D eigenvalue weighted by atomic mass is 35.5. The van der Waals surface area contributed by atoms with Crippen molar-refractivity contribution in [2.24, 2.45) is 0 Å². The van der Waals surface area contributed by atoms with Crippen molar-refractivity contribution in [3.63, 3.8) is 0 Å². The number of carbonyl (C=O) groups is 1. The van der Waals surface area contributed by atoms with Crippen LogP contribution in [0.5, 0.6) is 11.5 Å². The van der Waals surface area contributed by atoms with Gasteiger partial charge in [-0.25, -0.2) is 0 Å². The van der Waals surface area contributed by atoms with Gasteiger partial charge in [0.25, 0.3) is 5.91 Å². The van der Waals surface area contributed by atoms with Gasteiger partial charge in [-0.1, -0.05) is 47.5 Å². The van der Waals surface area contributed by atoms with Gasteiger partial charge in [0.15, 0.2) is 11.5 Å². The van der Waals surface area contributed by atoms with E-state index in [1.165, 1.54) is 17.2 Å². The second-order valence-electron chi connectivity index (χ2n) is 8.01. The Morgan fingerprint density at radius 1 is 1.03 bits per heavy atom. The first-order valence-corrected chi connectivity index (χ1v) is 11.8. The highest BCUT2D eigenvalue weighted by Crippen LogP contribution is 2.38. The molecule has 0 unspecified atom stereocenters. The SMILES string of the molecule is CCOc1cc(/C=C(\C#N)C(=O)Nc2cccc(Cl)c2C)cc(Cl)c1OCc1ccc(C)c(C)c1. The van der Waals surface area contributed by atoms with E-state index in [2.05, 4.69) is 25.2 Å². The maximum atomic E-state index is 12.8. The van der Waals surface area contributed by atoms with Gasteiger partial charge in [0.2, 0.25) is 0 Å². The van der Waals surface area contributed by atoms with Crippen molar-refractivity contribution in [3.05, 3.63) is 92.0 Å². The minimum atomic E-state index is -0.554. The van der Waals surface area contributed by atoms with Crippen LogP contribution in [0.2, 0.25) is 10.0 Å². The molecule has 0 aliphatic heterocycles. The molecule has 0 saturated carbocycles. The van der Waals surface area contributed by atoms with Gasteiger partial charge in [-0.2, -0.15) is 5.26 Å². The van der Waals surface area contributed by atoms with Gasteiger partial charge < -0.3 is 14.8 Å². The van der Waals surface area contributed by atoms with Gasteiger partial charge in [0.1, 0.15) is 18.2 Å². The maximum Gasteiger partial charge on any atom is 0.266 e. The number of ether oxygens (including phenoxy) is 2. The van der Waals surface area contributed by atoms with Gasteiger partial charge in [-0.3, -0.25) is 4.79 Å². The predicted molar refractivity (Wildman–Crippen MR) is 141 cm³/mol. The summed E-state index contributed by atoms with van der Waals surface area (Å²) in [6.45, 7) is 8.46. The zero-order valence-corrected chi connectivity index (χ0v) is 21.6. The van der Waals surface area contributed by atoms with Crippen LogP contribution in [-0.2, 0) is 11.4 Å². The van der Waals surface area contributed by atoms with Crippen molar-refractivity contribution in [3.8, 4) is 17.6 Å². The number of nitrogens with zero attached hydrogens (tertiary/aromatic N) is 1. The van der Waals surface area contributed by atoms with E-state index >= 15 is 0 Å². The molecule has 180 valence electrons. The average Bonchev–Trinajstić information content (AvgIpc) is 2.82. The van der Waals surface area contributed by atoms with E-state index in [1.54, 1.807) is 37.3 Å². The lowest BCUT2D eigenvalue weighted by Gasteiger charge is -2.15. The summed E-state index contributed by atoms with van der Waals surface area (Å²) in [4.78, 5) is 12.8. The van der Waals surface area contributed by atoms with E-state index in [9.17, 15) is 10.1 Å². The van der Waals surface area contributed by atoms with E-state index in [0.29, 0.717) is 51.6 Å². The number of nitrogens with one attached hydrogen (secondary N) is 1. The molecule has 0 aliphatic carbocycles. The Balaban J connectivity index is 1.86. The summed E-state index contributed by atoms with van der Waals surface area (Å²) in [6.07, 6.45) is 1.46. The van der Waals surface area contributed by atoms with Gasteiger partial charge >= 0.3 is 0 Å². The minimum absolute atomic E-state index is 0.0910. The number of carbonyl (C=O) groups excluding carboxylic acids is 1. The molecule has 0 radical (unpaired) electrons. The van der Waals surface area contributed by atoms with Gasteiger partial charge in [0.05, 0.1) is 11.6 Å². The molecular weight excluding hydrogens is 483 g/mol. The van der Waals surface area contributed by atoms with Crippen LogP contribution in [0.1, 0.15) is 34.7 Å². The summed E-state index contributed by atoms with van der Waals surface area (Å²) < 4.78 is 11.8. The number of anilines is 1. The third-order valence-electron chi connectivity index (χ3n) is 5.48. The van der Waals surface area contributed by atoms with Crippen LogP contribution in [-0.4, -0.2) is 12.5 Å². The fourth-order valence-corrected chi connectivity index (χ4v) is 3.82. The van der Waals surface area contributed by atoms with Gasteiger partial charge in [-0.15, -0.1) is 0 Å². The van der Waals surface area contributed by atoms with Crippen LogP contribution in [0.4, 0.5) is 5.69 Å². The number of benzene rings is 3. The lowest BCUT2D eigenvalue weighted by atomic mass is 10.1. The molecule has 0 bridgehead atoms. The molecule has 0 aliphatic rings. The van der Waals surface area contributed by atoms with Crippen LogP contribution < -0.4 is 14.8 Å². The molecule has 0 saturated heterocycles. The molecule has 3 aromatic carbocycles. The van der Waals surface area contributed by atoms with Crippen LogP contribution in [0.25, 0.3) is 6.08 Å². The van der Waals surface area contributed by atoms with Crippen LogP contribution >= 0.6 is 23.2 Å². The van der Waals surface area contributed by atoms with Crippen molar-refractivity contribution < 1.29 is 14.3 Å². The lowest BCUT2D eigenvalue weighted by Crippen LogP contribution is -2.14. The fourth-order valence-electron chi connectivity index (χ4n) is 3.37. The number of halogens is 2. The monoisotopic (exact) mass is 508 g/mol. The molecule has 3 rings (SSSR count). The van der Waals surface area contributed by atoms with Crippen LogP contribution in [0, 0.1) is 32.1 Å². The van der Waals surface area contributed by atoms with E-state index in [-0.39, 0.29) is 5.57 Å². The third kappa shape index (κ3) is 6.57. The largest absolute Gasteiger partial charge is 0.490 e. The first-order chi connectivity index (χ1) is 16.7. The number of aryl methyl sites for hydroxylation is 2. The molecule has 0 atom stereocenters. The third-order valence-corrected chi connectivity index (χ3v) is 6.17. The molecule has 7 heteroatoms. The summed E-state index contributed by atoms with van der Waals surface area (Å²) in [7, 11) is 0. The Labute approximate surface area is 215 Å². The average molecular weight is 509 g/mol. The normalized spacial score (nSPS) is 11.1. The van der Waals surface area contributed by atoms with Crippen molar-refractivity contribution in [1.29, 1.82) is 5.26 Å². The van der Waals surface area contributed by atoms with Crippen LogP contribution in [0.3, 0.4) is 0 Å². The molecule has 0 spiro atoms. The Kier molecular flexibility index (Phi) is 8.81. The molecule has 0 fully saturated rings. The zero-order valence-electron chi connectivity index (χ0n) is 20.0. The minimum Gasteiger partial charge on any atom is -0.490 e. The summed E-state index contributed by atoms with van der Waals surface area (Å²) in [5.41, 5.74) is 5.09. The molecular formula is C28H26Cl2N2O3. The van der Waals surface area contributed by atoms with Crippen molar-refractivity contribution in [1.82, 2.24) is 0 Å². The fraction of sp³-hybridized carbons (Fsp3) is 0.214. The Bertz CT molecular complexity index is 1330. The Hall–Kier alpha value is -3.46. The maximum absolute atomic E-state index is 12.8. The van der Waals surface area contributed by atoms with Crippen LogP contribution in [0.15, 0.2) is 54.1 Å². The zero-order chi connectivity index (χ0) is 25.5. The number of amides is 1. The first-order valence-electron chi connectivity index (χ1n) is 11.1. The summed E-state index contributed by atoms with van der Waals surface area (Å²) in [6, 6.07) is 16.6. The van der Waals surface area contributed by atoms with Crippen molar-refractivity contribution >= 4 is 40.9 Å². The number of hydrogen-bond donors (Lipinski definition) is 1. The summed E-state index contributed by atoms with van der Waals surface area (Å²) in [5, 5.41) is 13.2. The highest BCUT2D eigenvalue weighted by Gasteiger charge is 2.16. The van der Waals surface area contributed by atoms with Gasteiger partial charge in [-0.05, 0) is 85.9 Å². The molecule has 1 N–H and O–H groups in total. The summed E-state index contributed by atoms with van der Waals surface area (Å²) in [5.74, 6) is 0.280.